The van der Waals surface area contributed by atoms with E-state index in [1.54, 1.807) is 12.3 Å². The molecule has 2 atom stereocenters. The van der Waals surface area contributed by atoms with Gasteiger partial charge in [-0.15, -0.1) is 0 Å². The number of hydrogen-bond acceptors (Lipinski definition) is 7. The quantitative estimate of drug-likeness (QED) is 0.511. The first-order chi connectivity index (χ1) is 16.2. The summed E-state index contributed by atoms with van der Waals surface area (Å²) in [5.41, 5.74) is 1.25. The Hall–Kier alpha value is -1.42. The molecule has 0 aliphatic carbocycles. The molecule has 1 aromatic carbocycles. The van der Waals surface area contributed by atoms with Crippen LogP contribution in [-0.2, 0) is 20.7 Å². The smallest absolute Gasteiger partial charge is 0.264 e. The summed E-state index contributed by atoms with van der Waals surface area (Å²) in [6, 6.07) is 12.5. The average molecular weight is 528 g/mol. The summed E-state index contributed by atoms with van der Waals surface area (Å²) < 4.78 is 28.4. The Bertz CT molecular complexity index is 1060. The largest absolute Gasteiger partial charge is 0.356 e. The molecule has 186 valence electrons. The number of hydrogen-bond donors (Lipinski definition) is 0. The number of likely N-dealkylation sites (N-methyl/N-ethyl adjacent to an activating group) is 1. The number of piperidine rings is 1. The molecular formula is C24H32Cl2N4O3S. The zero-order valence-electron chi connectivity index (χ0n) is 19.6. The van der Waals surface area contributed by atoms with Crippen molar-refractivity contribution >= 4 is 39.1 Å². The molecule has 2 aliphatic rings. The van der Waals surface area contributed by atoms with Gasteiger partial charge in [0.2, 0.25) is 0 Å². The van der Waals surface area contributed by atoms with E-state index in [1.165, 1.54) is 5.56 Å². The van der Waals surface area contributed by atoms with Crippen LogP contribution in [0.15, 0.2) is 42.6 Å². The van der Waals surface area contributed by atoms with Crippen molar-refractivity contribution in [2.45, 2.75) is 37.4 Å². The van der Waals surface area contributed by atoms with Crippen LogP contribution < -0.4 is 4.90 Å². The van der Waals surface area contributed by atoms with E-state index in [-0.39, 0.29) is 12.6 Å². The Morgan fingerprint density at radius 1 is 1.03 bits per heavy atom. The fourth-order valence-corrected chi connectivity index (χ4v) is 5.70. The van der Waals surface area contributed by atoms with Gasteiger partial charge in [0.15, 0.2) is 0 Å². The van der Waals surface area contributed by atoms with E-state index in [0.717, 1.165) is 62.5 Å². The highest BCUT2D eigenvalue weighted by atomic mass is 35.5. The number of benzene rings is 1. The van der Waals surface area contributed by atoms with Gasteiger partial charge in [0.05, 0.1) is 12.9 Å². The lowest BCUT2D eigenvalue weighted by molar-refractivity contribution is -0.00618. The predicted octanol–water partition coefficient (Wildman–Crippen LogP) is 3.56. The first-order valence-electron chi connectivity index (χ1n) is 11.6. The number of piperazine rings is 1. The van der Waals surface area contributed by atoms with Gasteiger partial charge in [-0.1, -0.05) is 35.3 Å². The van der Waals surface area contributed by atoms with E-state index >= 15 is 0 Å². The second-order valence-corrected chi connectivity index (χ2v) is 11.8. The van der Waals surface area contributed by atoms with Crippen molar-refractivity contribution in [2.75, 3.05) is 51.0 Å². The highest BCUT2D eigenvalue weighted by Crippen LogP contribution is 2.28. The Balaban J connectivity index is 1.47. The lowest BCUT2D eigenvalue weighted by atomic mass is 9.94. The minimum absolute atomic E-state index is 0.0174. The summed E-state index contributed by atoms with van der Waals surface area (Å²) in [7, 11) is -1.43. The molecule has 0 bridgehead atoms. The molecule has 10 heteroatoms. The number of pyridine rings is 1. The molecule has 0 unspecified atom stereocenters. The van der Waals surface area contributed by atoms with Crippen LogP contribution in [0.2, 0.25) is 10.0 Å². The highest BCUT2D eigenvalue weighted by Gasteiger charge is 2.37. The maximum atomic E-state index is 11.6. The highest BCUT2D eigenvalue weighted by molar-refractivity contribution is 7.85. The summed E-state index contributed by atoms with van der Waals surface area (Å²) >= 11 is 12.3. The Kier molecular flexibility index (Phi) is 8.38. The second kappa shape index (κ2) is 11.1. The van der Waals surface area contributed by atoms with Gasteiger partial charge in [0.25, 0.3) is 10.1 Å². The molecule has 0 amide bonds. The van der Waals surface area contributed by atoms with Crippen LogP contribution in [0.4, 0.5) is 5.82 Å². The Labute approximate surface area is 212 Å². The van der Waals surface area contributed by atoms with Gasteiger partial charge in [-0.05, 0) is 56.1 Å². The monoisotopic (exact) mass is 526 g/mol. The first-order valence-corrected chi connectivity index (χ1v) is 14.2. The van der Waals surface area contributed by atoms with E-state index in [4.69, 9.17) is 27.4 Å². The first kappa shape index (κ1) is 25.7. The van der Waals surface area contributed by atoms with Crippen LogP contribution in [0.3, 0.4) is 0 Å². The SMILES string of the molecule is CN1C[C@H](Cc2ccc(Cl)cc2)N(C2CCN(c3cc(Cl)ccn3)CC2)C[C@@H]1COS(C)(=O)=O. The van der Waals surface area contributed by atoms with Gasteiger partial charge < -0.3 is 4.90 Å². The second-order valence-electron chi connectivity index (χ2n) is 9.31. The van der Waals surface area contributed by atoms with Crippen molar-refractivity contribution in [1.82, 2.24) is 14.8 Å². The van der Waals surface area contributed by atoms with Gasteiger partial charge in [-0.25, -0.2) is 4.98 Å². The lowest BCUT2D eigenvalue weighted by Crippen LogP contribution is -2.62. The normalized spacial score (nSPS) is 23.4. The topological polar surface area (TPSA) is 66.0 Å². The van der Waals surface area contributed by atoms with E-state index in [1.807, 2.05) is 18.2 Å². The van der Waals surface area contributed by atoms with Crippen LogP contribution >= 0.6 is 23.2 Å². The van der Waals surface area contributed by atoms with Crippen LogP contribution in [-0.4, -0.2) is 87.4 Å². The van der Waals surface area contributed by atoms with Crippen molar-refractivity contribution in [3.05, 3.63) is 58.2 Å². The van der Waals surface area contributed by atoms with Gasteiger partial charge in [0.1, 0.15) is 5.82 Å². The number of nitrogens with zero attached hydrogens (tertiary/aromatic N) is 4. The molecule has 34 heavy (non-hydrogen) atoms. The standard InChI is InChI=1S/C24H32Cl2N4O3S/c1-28-15-22(13-18-3-5-19(25)6-4-18)30(16-23(28)17-33-34(2,31)32)21-8-11-29(12-9-21)24-14-20(26)7-10-27-24/h3-7,10,14,21-23H,8-9,11-13,15-17H2,1-2H3/t22-,23+/m0/s1. The third kappa shape index (κ3) is 6.83. The molecule has 0 radical (unpaired) electrons. The Morgan fingerprint density at radius 2 is 1.74 bits per heavy atom. The van der Waals surface area contributed by atoms with Gasteiger partial charge in [-0.3, -0.25) is 14.0 Å². The van der Waals surface area contributed by atoms with Crippen LogP contribution in [0.5, 0.6) is 0 Å². The van der Waals surface area contributed by atoms with Crippen LogP contribution in [0, 0.1) is 0 Å². The van der Waals surface area contributed by atoms with Crippen LogP contribution in [0.1, 0.15) is 18.4 Å². The van der Waals surface area contributed by atoms with Crippen molar-refractivity contribution in [2.24, 2.45) is 0 Å². The molecule has 0 N–H and O–H groups in total. The average Bonchev–Trinajstić information content (AvgIpc) is 2.80. The summed E-state index contributed by atoms with van der Waals surface area (Å²) in [6.45, 7) is 3.59. The van der Waals surface area contributed by atoms with Crippen molar-refractivity contribution in [3.63, 3.8) is 0 Å². The molecule has 2 aromatic rings. The molecule has 7 nitrogen and oxygen atoms in total. The van der Waals surface area contributed by atoms with Crippen molar-refractivity contribution < 1.29 is 12.6 Å². The summed E-state index contributed by atoms with van der Waals surface area (Å²) in [5, 5.41) is 1.43. The molecule has 0 spiro atoms. The summed E-state index contributed by atoms with van der Waals surface area (Å²) in [5.74, 6) is 0.918. The number of halogens is 2. The maximum Gasteiger partial charge on any atom is 0.264 e. The predicted molar refractivity (Wildman–Crippen MR) is 137 cm³/mol. The van der Waals surface area contributed by atoms with Crippen LogP contribution in [0.25, 0.3) is 0 Å². The lowest BCUT2D eigenvalue weighted by Gasteiger charge is -2.50. The summed E-state index contributed by atoms with van der Waals surface area (Å²) in [4.78, 5) is 11.6. The fourth-order valence-electron chi connectivity index (χ4n) is 5.01. The van der Waals surface area contributed by atoms with Gasteiger partial charge in [0, 0.05) is 60.5 Å². The van der Waals surface area contributed by atoms with Gasteiger partial charge in [-0.2, -0.15) is 8.42 Å². The van der Waals surface area contributed by atoms with Gasteiger partial charge >= 0.3 is 0 Å². The Morgan fingerprint density at radius 3 is 2.38 bits per heavy atom. The van der Waals surface area contributed by atoms with E-state index in [2.05, 4.69) is 38.9 Å². The third-order valence-corrected chi connectivity index (χ3v) is 7.89. The third-order valence-electron chi connectivity index (χ3n) is 6.84. The molecular weight excluding hydrogens is 495 g/mol. The molecule has 4 rings (SSSR count). The van der Waals surface area contributed by atoms with E-state index in [9.17, 15) is 8.42 Å². The van der Waals surface area contributed by atoms with Crippen molar-refractivity contribution in [3.8, 4) is 0 Å². The zero-order valence-corrected chi connectivity index (χ0v) is 21.9. The molecule has 2 aliphatic heterocycles. The minimum atomic E-state index is -3.48. The molecule has 3 heterocycles. The minimum Gasteiger partial charge on any atom is -0.356 e. The van der Waals surface area contributed by atoms with Crippen molar-refractivity contribution in [1.29, 1.82) is 0 Å². The molecule has 2 fully saturated rings. The number of aromatic nitrogens is 1. The maximum absolute atomic E-state index is 11.6. The fraction of sp³-hybridized carbons (Fsp3) is 0.542. The molecule has 2 saturated heterocycles. The molecule has 1 aromatic heterocycles. The number of anilines is 1. The van der Waals surface area contributed by atoms with E-state index in [0.29, 0.717) is 17.1 Å². The number of rotatable bonds is 7. The summed E-state index contributed by atoms with van der Waals surface area (Å²) in [6.07, 6.45) is 5.79. The zero-order chi connectivity index (χ0) is 24.3. The van der Waals surface area contributed by atoms with E-state index < -0.39 is 10.1 Å². The molecule has 0 saturated carbocycles.